The zero-order chi connectivity index (χ0) is 25.8. The van der Waals surface area contributed by atoms with Crippen molar-refractivity contribution >= 4 is 27.2 Å². The topological polar surface area (TPSA) is 150 Å². The van der Waals surface area contributed by atoms with Gasteiger partial charge in [0.2, 0.25) is 21.5 Å². The lowest BCUT2D eigenvalue weighted by atomic mass is 10.0. The summed E-state index contributed by atoms with van der Waals surface area (Å²) < 4.78 is 32.1. The molecule has 11 nitrogen and oxygen atoms in total. The Morgan fingerprint density at radius 3 is 1.91 bits per heavy atom. The predicted molar refractivity (Wildman–Crippen MR) is 126 cm³/mol. The van der Waals surface area contributed by atoms with Crippen LogP contribution in [0.25, 0.3) is 0 Å². The first-order valence-corrected chi connectivity index (χ1v) is 11.9. The second kappa shape index (κ2) is 10.4. The Kier molecular flexibility index (Phi) is 7.57. The molecule has 0 aromatic heterocycles. The van der Waals surface area contributed by atoms with Crippen LogP contribution in [0, 0.1) is 20.2 Å². The van der Waals surface area contributed by atoms with Gasteiger partial charge in [0.25, 0.3) is 0 Å². The van der Waals surface area contributed by atoms with Gasteiger partial charge in [0.15, 0.2) is 5.78 Å². The monoisotopic (exact) mass is 499 g/mol. The molecule has 3 rings (SSSR count). The quantitative estimate of drug-likeness (QED) is 0.224. The standard InChI is InChI=1S/C23H21N3O8S/c1-3-24(4-2)35(32,33)18-11-13-22(20(15-18)26(30)31)34-21-12-10-17(14-19(21)25(28)29)23(27)16-8-6-5-7-9-16/h5-15H,3-4H2,1-2H3. The third-order valence-corrected chi connectivity index (χ3v) is 7.19. The summed E-state index contributed by atoms with van der Waals surface area (Å²) >= 11 is 0. The molecule has 0 heterocycles. The van der Waals surface area contributed by atoms with E-state index in [0.29, 0.717) is 5.56 Å². The number of ether oxygens (including phenoxy) is 1. The number of sulfonamides is 1. The molecule has 182 valence electrons. The normalized spacial score (nSPS) is 11.3. The van der Waals surface area contributed by atoms with Crippen molar-refractivity contribution in [1.82, 2.24) is 4.31 Å². The number of nitro benzene ring substituents is 2. The van der Waals surface area contributed by atoms with Crippen LogP contribution in [0.3, 0.4) is 0 Å². The van der Waals surface area contributed by atoms with Gasteiger partial charge in [-0.3, -0.25) is 25.0 Å². The zero-order valence-corrected chi connectivity index (χ0v) is 19.6. The summed E-state index contributed by atoms with van der Waals surface area (Å²) in [5.74, 6) is -1.18. The van der Waals surface area contributed by atoms with Crippen molar-refractivity contribution in [3.05, 3.63) is 98.1 Å². The molecular weight excluding hydrogens is 478 g/mol. The highest BCUT2D eigenvalue weighted by Gasteiger charge is 2.28. The molecule has 0 amide bonds. The third-order valence-electron chi connectivity index (χ3n) is 5.14. The molecule has 0 atom stereocenters. The molecule has 0 aliphatic carbocycles. The zero-order valence-electron chi connectivity index (χ0n) is 18.8. The summed E-state index contributed by atoms with van der Waals surface area (Å²) in [5.41, 5.74) is -0.903. The van der Waals surface area contributed by atoms with Crippen molar-refractivity contribution in [1.29, 1.82) is 0 Å². The van der Waals surface area contributed by atoms with Crippen LogP contribution in [0.4, 0.5) is 11.4 Å². The first-order chi connectivity index (χ1) is 16.6. The van der Waals surface area contributed by atoms with Crippen LogP contribution in [-0.4, -0.2) is 41.4 Å². The summed E-state index contributed by atoms with van der Waals surface area (Å²) in [6.07, 6.45) is 0. The van der Waals surface area contributed by atoms with Gasteiger partial charge in [-0.2, -0.15) is 4.31 Å². The molecule has 3 aromatic rings. The molecule has 0 N–H and O–H groups in total. The minimum atomic E-state index is -3.98. The van der Waals surface area contributed by atoms with Gasteiger partial charge >= 0.3 is 11.4 Å². The second-order valence-corrected chi connectivity index (χ2v) is 9.15. The van der Waals surface area contributed by atoms with E-state index >= 15 is 0 Å². The fourth-order valence-corrected chi connectivity index (χ4v) is 4.84. The summed E-state index contributed by atoms with van der Waals surface area (Å²) in [5, 5.41) is 23.3. The van der Waals surface area contributed by atoms with Gasteiger partial charge in [0, 0.05) is 36.3 Å². The average molecular weight is 500 g/mol. The minimum Gasteiger partial charge on any atom is -0.443 e. The van der Waals surface area contributed by atoms with Crippen LogP contribution in [-0.2, 0) is 10.0 Å². The van der Waals surface area contributed by atoms with Gasteiger partial charge < -0.3 is 4.74 Å². The number of carbonyl (C=O) groups is 1. The van der Waals surface area contributed by atoms with Crippen LogP contribution in [0.1, 0.15) is 29.8 Å². The van der Waals surface area contributed by atoms with Gasteiger partial charge in [-0.15, -0.1) is 0 Å². The van der Waals surface area contributed by atoms with Crippen LogP contribution in [0.15, 0.2) is 71.6 Å². The molecule has 35 heavy (non-hydrogen) atoms. The predicted octanol–water partition coefficient (Wildman–Crippen LogP) is 4.56. The smallest absolute Gasteiger partial charge is 0.312 e. The van der Waals surface area contributed by atoms with Gasteiger partial charge in [0.1, 0.15) is 0 Å². The fourth-order valence-electron chi connectivity index (χ4n) is 3.36. The molecule has 0 unspecified atom stereocenters. The van der Waals surface area contributed by atoms with E-state index in [-0.39, 0.29) is 29.3 Å². The van der Waals surface area contributed by atoms with E-state index in [4.69, 9.17) is 4.74 Å². The Labute approximate surface area is 200 Å². The highest BCUT2D eigenvalue weighted by atomic mass is 32.2. The van der Waals surface area contributed by atoms with E-state index in [1.165, 1.54) is 12.1 Å². The number of benzene rings is 3. The number of hydrogen-bond donors (Lipinski definition) is 0. The van der Waals surface area contributed by atoms with Gasteiger partial charge in [0.05, 0.1) is 14.7 Å². The number of nitro groups is 2. The SMILES string of the molecule is CCN(CC)S(=O)(=O)c1ccc(Oc2ccc(C(=O)c3ccccc3)cc2[N+](=O)[O-])c([N+](=O)[O-])c1. The van der Waals surface area contributed by atoms with E-state index in [0.717, 1.165) is 28.6 Å². The first-order valence-electron chi connectivity index (χ1n) is 10.4. The summed E-state index contributed by atoms with van der Waals surface area (Å²) in [7, 11) is -3.98. The maximum atomic E-state index is 12.7. The highest BCUT2D eigenvalue weighted by molar-refractivity contribution is 7.89. The molecule has 0 fully saturated rings. The lowest BCUT2D eigenvalue weighted by Crippen LogP contribution is -2.30. The van der Waals surface area contributed by atoms with Crippen molar-refractivity contribution in [2.24, 2.45) is 0 Å². The number of ketones is 1. The first kappa shape index (κ1) is 25.5. The van der Waals surface area contributed by atoms with Gasteiger partial charge in [-0.05, 0) is 24.3 Å². The Bertz CT molecular complexity index is 1390. The molecule has 0 aliphatic heterocycles. The molecule has 0 aliphatic rings. The van der Waals surface area contributed by atoms with Crippen molar-refractivity contribution in [2.75, 3.05) is 13.1 Å². The Balaban J connectivity index is 2.02. The molecule has 3 aromatic carbocycles. The fraction of sp³-hybridized carbons (Fsp3) is 0.174. The van der Waals surface area contributed by atoms with Crippen molar-refractivity contribution < 1.29 is 27.8 Å². The van der Waals surface area contributed by atoms with Gasteiger partial charge in [-0.1, -0.05) is 44.2 Å². The number of nitrogens with zero attached hydrogens (tertiary/aromatic N) is 3. The number of rotatable bonds is 10. The average Bonchev–Trinajstić information content (AvgIpc) is 2.84. The lowest BCUT2D eigenvalue weighted by molar-refractivity contribution is -0.387. The molecule has 0 saturated heterocycles. The van der Waals surface area contributed by atoms with E-state index in [1.54, 1.807) is 44.2 Å². The van der Waals surface area contributed by atoms with Crippen LogP contribution < -0.4 is 4.74 Å². The van der Waals surface area contributed by atoms with E-state index in [1.807, 2.05) is 0 Å². The maximum Gasteiger partial charge on any atom is 0.312 e. The third kappa shape index (κ3) is 5.34. The lowest BCUT2D eigenvalue weighted by Gasteiger charge is -2.18. The number of carbonyl (C=O) groups excluding carboxylic acids is 1. The highest BCUT2D eigenvalue weighted by Crippen LogP contribution is 2.38. The second-order valence-electron chi connectivity index (χ2n) is 7.21. The molecule has 0 saturated carbocycles. The molecule has 0 radical (unpaired) electrons. The number of hydrogen-bond acceptors (Lipinski definition) is 8. The van der Waals surface area contributed by atoms with Crippen LogP contribution >= 0.6 is 0 Å². The molecule has 0 spiro atoms. The van der Waals surface area contributed by atoms with E-state index in [9.17, 15) is 33.4 Å². The Hall–Kier alpha value is -4.16. The van der Waals surface area contributed by atoms with Gasteiger partial charge in [-0.25, -0.2) is 8.42 Å². The molecule has 0 bridgehead atoms. The Morgan fingerprint density at radius 1 is 0.829 bits per heavy atom. The summed E-state index contributed by atoms with van der Waals surface area (Å²) in [6, 6.07) is 14.7. The minimum absolute atomic E-state index is 0.0328. The molecular formula is C23H21N3O8S. The van der Waals surface area contributed by atoms with Crippen LogP contribution in [0.5, 0.6) is 11.5 Å². The van der Waals surface area contributed by atoms with E-state index < -0.39 is 42.8 Å². The van der Waals surface area contributed by atoms with Crippen molar-refractivity contribution in [3.8, 4) is 11.5 Å². The maximum absolute atomic E-state index is 12.7. The summed E-state index contributed by atoms with van der Waals surface area (Å²) in [4.78, 5) is 34.1. The molecule has 12 heteroatoms. The largest absolute Gasteiger partial charge is 0.443 e. The Morgan fingerprint density at radius 2 is 1.37 bits per heavy atom. The van der Waals surface area contributed by atoms with Crippen molar-refractivity contribution in [2.45, 2.75) is 18.7 Å². The van der Waals surface area contributed by atoms with Crippen LogP contribution in [0.2, 0.25) is 0 Å². The summed E-state index contributed by atoms with van der Waals surface area (Å²) in [6.45, 7) is 3.62. The van der Waals surface area contributed by atoms with E-state index in [2.05, 4.69) is 0 Å². The van der Waals surface area contributed by atoms with Crippen molar-refractivity contribution in [3.63, 3.8) is 0 Å².